The molecule has 0 amide bonds. The van der Waals surface area contributed by atoms with E-state index in [9.17, 15) is 5.11 Å². The zero-order valence-electron chi connectivity index (χ0n) is 11.0. The van der Waals surface area contributed by atoms with E-state index in [0.29, 0.717) is 18.4 Å². The van der Waals surface area contributed by atoms with E-state index in [1.807, 2.05) is 0 Å². The van der Waals surface area contributed by atoms with Gasteiger partial charge >= 0.3 is 0 Å². The van der Waals surface area contributed by atoms with E-state index < -0.39 is 0 Å². The minimum absolute atomic E-state index is 0.0000860. The van der Waals surface area contributed by atoms with Gasteiger partial charge in [0.15, 0.2) is 6.29 Å². The van der Waals surface area contributed by atoms with Crippen LogP contribution in [0.15, 0.2) is 11.6 Å². The molecular weight excluding hydrogens is 228 g/mol. The summed E-state index contributed by atoms with van der Waals surface area (Å²) in [5.41, 5.74) is 1.79. The van der Waals surface area contributed by atoms with Crippen LogP contribution in [-0.2, 0) is 9.47 Å². The van der Waals surface area contributed by atoms with Gasteiger partial charge in [-0.05, 0) is 36.2 Å². The summed E-state index contributed by atoms with van der Waals surface area (Å²) in [6.45, 7) is 4.17. The average molecular weight is 250 g/mol. The fraction of sp³-hybridized carbons (Fsp3) is 0.867. The summed E-state index contributed by atoms with van der Waals surface area (Å²) in [5.74, 6) is 1.03. The Labute approximate surface area is 108 Å². The lowest BCUT2D eigenvalue weighted by molar-refractivity contribution is -0.0927. The van der Waals surface area contributed by atoms with Crippen LogP contribution in [0.4, 0.5) is 0 Å². The van der Waals surface area contributed by atoms with Gasteiger partial charge in [0.1, 0.15) is 0 Å². The van der Waals surface area contributed by atoms with Crippen LogP contribution in [-0.4, -0.2) is 31.2 Å². The van der Waals surface area contributed by atoms with Crippen LogP contribution in [0, 0.1) is 22.7 Å². The summed E-state index contributed by atoms with van der Waals surface area (Å²) in [7, 11) is 0. The monoisotopic (exact) mass is 250 g/mol. The zero-order valence-corrected chi connectivity index (χ0v) is 11.0. The Morgan fingerprint density at radius 3 is 3.11 bits per heavy atom. The normalized spacial score (nSPS) is 53.9. The van der Waals surface area contributed by atoms with Gasteiger partial charge in [-0.1, -0.05) is 19.4 Å². The van der Waals surface area contributed by atoms with Gasteiger partial charge in [-0.3, -0.25) is 0 Å². The van der Waals surface area contributed by atoms with Gasteiger partial charge in [-0.25, -0.2) is 0 Å². The number of hydrogen-bond donors (Lipinski definition) is 1. The number of rotatable bonds is 1. The first-order chi connectivity index (χ1) is 8.70. The molecule has 2 aliphatic carbocycles. The molecule has 0 aromatic heterocycles. The van der Waals surface area contributed by atoms with Gasteiger partial charge in [0, 0.05) is 17.9 Å². The summed E-state index contributed by atoms with van der Waals surface area (Å²) in [6, 6.07) is 0. The van der Waals surface area contributed by atoms with Gasteiger partial charge in [-0.2, -0.15) is 0 Å². The van der Waals surface area contributed by atoms with Crippen molar-refractivity contribution in [2.24, 2.45) is 22.7 Å². The Hall–Kier alpha value is -0.380. The summed E-state index contributed by atoms with van der Waals surface area (Å²) in [5, 5.41) is 9.86. The van der Waals surface area contributed by atoms with Gasteiger partial charge in [-0.15, -0.1) is 0 Å². The minimum Gasteiger partial charge on any atom is -0.396 e. The van der Waals surface area contributed by atoms with E-state index in [4.69, 9.17) is 9.47 Å². The topological polar surface area (TPSA) is 38.7 Å². The van der Waals surface area contributed by atoms with Crippen molar-refractivity contribution < 1.29 is 14.6 Å². The Morgan fingerprint density at radius 2 is 2.28 bits per heavy atom. The molecule has 1 spiro atoms. The molecule has 5 unspecified atom stereocenters. The quantitative estimate of drug-likeness (QED) is 0.724. The maximum Gasteiger partial charge on any atom is 0.165 e. The summed E-state index contributed by atoms with van der Waals surface area (Å²) in [6.07, 6.45) is 7.09. The number of aliphatic hydroxyl groups is 1. The predicted octanol–water partition coefficient (Wildman–Crippen LogP) is 2.10. The van der Waals surface area contributed by atoms with Crippen LogP contribution < -0.4 is 0 Å². The Bertz CT molecular complexity index is 401. The van der Waals surface area contributed by atoms with Crippen molar-refractivity contribution in [1.29, 1.82) is 0 Å². The Kier molecular flexibility index (Phi) is 2.28. The number of hydrogen-bond acceptors (Lipinski definition) is 3. The van der Waals surface area contributed by atoms with Crippen molar-refractivity contribution in [3.8, 4) is 0 Å². The molecule has 2 heterocycles. The molecule has 5 atom stereocenters. The fourth-order valence-corrected chi connectivity index (χ4v) is 5.22. The van der Waals surface area contributed by atoms with Crippen LogP contribution in [0.25, 0.3) is 0 Å². The van der Waals surface area contributed by atoms with Crippen LogP contribution in [0.5, 0.6) is 0 Å². The highest BCUT2D eigenvalue weighted by molar-refractivity contribution is 5.26. The van der Waals surface area contributed by atoms with E-state index in [1.165, 1.54) is 18.4 Å². The third-order valence-corrected chi connectivity index (χ3v) is 6.12. The van der Waals surface area contributed by atoms with Gasteiger partial charge < -0.3 is 14.6 Å². The lowest BCUT2D eigenvalue weighted by Gasteiger charge is -2.55. The highest BCUT2D eigenvalue weighted by Crippen LogP contribution is 2.64. The smallest absolute Gasteiger partial charge is 0.165 e. The Morgan fingerprint density at radius 1 is 1.39 bits per heavy atom. The predicted molar refractivity (Wildman–Crippen MR) is 66.8 cm³/mol. The second-order valence-electron chi connectivity index (χ2n) is 6.93. The third kappa shape index (κ3) is 1.21. The van der Waals surface area contributed by atoms with Crippen molar-refractivity contribution in [1.82, 2.24) is 0 Å². The molecule has 0 radical (unpaired) electrons. The number of aliphatic hydroxyl groups excluding tert-OH is 1. The largest absolute Gasteiger partial charge is 0.396 e. The lowest BCUT2D eigenvalue weighted by atomic mass is 9.48. The van der Waals surface area contributed by atoms with E-state index in [-0.39, 0.29) is 17.1 Å². The maximum atomic E-state index is 9.86. The van der Waals surface area contributed by atoms with Crippen LogP contribution in [0.2, 0.25) is 0 Å². The maximum absolute atomic E-state index is 9.86. The molecule has 3 fully saturated rings. The highest BCUT2D eigenvalue weighted by atomic mass is 16.7. The molecule has 0 aromatic rings. The molecule has 18 heavy (non-hydrogen) atoms. The van der Waals surface area contributed by atoms with E-state index in [1.54, 1.807) is 0 Å². The summed E-state index contributed by atoms with van der Waals surface area (Å²) >= 11 is 0. The van der Waals surface area contributed by atoms with Crippen molar-refractivity contribution >= 4 is 0 Å². The molecule has 4 rings (SSSR count). The van der Waals surface area contributed by atoms with Crippen molar-refractivity contribution in [2.75, 3.05) is 19.8 Å². The molecule has 4 aliphatic rings. The van der Waals surface area contributed by atoms with Crippen LogP contribution in [0.1, 0.15) is 32.6 Å². The van der Waals surface area contributed by atoms with Crippen LogP contribution in [0.3, 0.4) is 0 Å². The van der Waals surface area contributed by atoms with Gasteiger partial charge in [0.05, 0.1) is 13.2 Å². The van der Waals surface area contributed by atoms with Crippen molar-refractivity contribution in [2.45, 2.75) is 38.9 Å². The molecular formula is C15H22O3. The molecule has 2 saturated heterocycles. The third-order valence-electron chi connectivity index (χ3n) is 6.12. The molecule has 0 aromatic carbocycles. The summed E-state index contributed by atoms with van der Waals surface area (Å²) < 4.78 is 11.7. The minimum atomic E-state index is 0.0000860. The molecule has 3 heteroatoms. The van der Waals surface area contributed by atoms with Crippen molar-refractivity contribution in [3.05, 3.63) is 11.6 Å². The molecule has 3 nitrogen and oxygen atoms in total. The first-order valence-electron chi connectivity index (χ1n) is 7.23. The first kappa shape index (κ1) is 11.4. The second kappa shape index (κ2) is 3.59. The highest BCUT2D eigenvalue weighted by Gasteiger charge is 2.63. The van der Waals surface area contributed by atoms with Gasteiger partial charge in [0.25, 0.3) is 0 Å². The van der Waals surface area contributed by atoms with Crippen LogP contribution >= 0.6 is 0 Å². The van der Waals surface area contributed by atoms with E-state index >= 15 is 0 Å². The summed E-state index contributed by atoms with van der Waals surface area (Å²) in [4.78, 5) is 0. The molecule has 1 saturated carbocycles. The standard InChI is InChI=1S/C15H22O3/c1-14(8-16)5-2-6-15-9-18-13-12(15)10(7-17-13)3-4-11(14)15/h3,11-13,16H,2,4-9H2,1H3. The SMILES string of the molecule is CC1(CO)CCCC23COC4OCC(=CCC12)C43. The van der Waals surface area contributed by atoms with E-state index in [0.717, 1.165) is 26.1 Å². The fourth-order valence-electron chi connectivity index (χ4n) is 5.22. The number of ether oxygens (including phenoxy) is 2. The average Bonchev–Trinajstić information content (AvgIpc) is 2.96. The molecule has 0 bridgehead atoms. The Balaban J connectivity index is 1.81. The second-order valence-corrected chi connectivity index (χ2v) is 6.93. The first-order valence-corrected chi connectivity index (χ1v) is 7.23. The van der Waals surface area contributed by atoms with Gasteiger partial charge in [0.2, 0.25) is 0 Å². The molecule has 100 valence electrons. The van der Waals surface area contributed by atoms with Crippen molar-refractivity contribution in [3.63, 3.8) is 0 Å². The number of allylic oxidation sites excluding steroid dienone is 1. The zero-order chi connectivity index (χ0) is 12.4. The molecule has 2 aliphatic heterocycles. The van der Waals surface area contributed by atoms with E-state index in [2.05, 4.69) is 13.0 Å². The lowest BCUT2D eigenvalue weighted by Crippen LogP contribution is -2.52. The molecule has 1 N–H and O–H groups in total.